The first-order valence-corrected chi connectivity index (χ1v) is 11.1. The number of aliphatic hydroxyl groups is 1. The van der Waals surface area contributed by atoms with Crippen molar-refractivity contribution in [3.8, 4) is 5.75 Å². The number of benzene rings is 1. The van der Waals surface area contributed by atoms with Crippen LogP contribution >= 0.6 is 0 Å². The van der Waals surface area contributed by atoms with E-state index in [2.05, 4.69) is 10.4 Å². The second-order valence-electron chi connectivity index (χ2n) is 10.4. The van der Waals surface area contributed by atoms with Gasteiger partial charge in [-0.2, -0.15) is 18.3 Å². The van der Waals surface area contributed by atoms with E-state index in [0.29, 0.717) is 18.3 Å². The van der Waals surface area contributed by atoms with Gasteiger partial charge in [-0.1, -0.05) is 27.2 Å². The van der Waals surface area contributed by atoms with Crippen LogP contribution in [-0.2, 0) is 18.1 Å². The number of nitrogens with one attached hydrogen (secondary N) is 1. The molecule has 0 radical (unpaired) electrons. The smallest absolute Gasteiger partial charge is 0.416 e. The highest BCUT2D eigenvalue weighted by Crippen LogP contribution is 2.34. The van der Waals surface area contributed by atoms with E-state index in [1.807, 2.05) is 20.8 Å². The fraction of sp³-hybridized carbons (Fsp3) is 0.583. The molecule has 0 unspecified atom stereocenters. The van der Waals surface area contributed by atoms with Crippen LogP contribution in [0.25, 0.3) is 0 Å². The Hall–Kier alpha value is -2.55. The molecule has 0 aliphatic heterocycles. The molecule has 1 heterocycles. The number of ether oxygens (including phenoxy) is 1. The van der Waals surface area contributed by atoms with Crippen LogP contribution in [0.15, 0.2) is 24.3 Å². The molecule has 0 saturated heterocycles. The minimum atomic E-state index is -4.62. The van der Waals surface area contributed by atoms with Gasteiger partial charge < -0.3 is 15.2 Å². The summed E-state index contributed by atoms with van der Waals surface area (Å²) in [6, 6.07) is 4.50. The predicted molar refractivity (Wildman–Crippen MR) is 119 cm³/mol. The molecule has 9 heteroatoms. The number of alkyl halides is 3. The van der Waals surface area contributed by atoms with Crippen LogP contribution < -0.4 is 10.1 Å². The Morgan fingerprint density at radius 2 is 1.85 bits per heavy atom. The largest absolute Gasteiger partial charge is 0.490 e. The van der Waals surface area contributed by atoms with E-state index in [1.54, 1.807) is 10.7 Å². The lowest BCUT2D eigenvalue weighted by Crippen LogP contribution is -2.28. The van der Waals surface area contributed by atoms with Crippen molar-refractivity contribution in [2.75, 3.05) is 11.9 Å². The molecule has 3 rings (SSSR count). The first-order chi connectivity index (χ1) is 15.1. The number of hydrogen-bond acceptors (Lipinski definition) is 4. The Balaban J connectivity index is 1.94. The molecule has 1 saturated carbocycles. The molecule has 6 nitrogen and oxygen atoms in total. The molecule has 1 aromatic heterocycles. The lowest BCUT2D eigenvalue weighted by atomic mass is 9.85. The third-order valence-corrected chi connectivity index (χ3v) is 5.58. The van der Waals surface area contributed by atoms with Crippen molar-refractivity contribution in [2.45, 2.75) is 77.6 Å². The number of carbonyl (C=O) groups is 1. The van der Waals surface area contributed by atoms with Gasteiger partial charge in [-0.25, -0.2) is 4.68 Å². The maximum absolute atomic E-state index is 13.3. The number of hydrogen-bond donors (Lipinski definition) is 2. The minimum Gasteiger partial charge on any atom is -0.490 e. The molecule has 1 amide bonds. The number of carbonyl (C=O) groups excluding carboxylic acids is 1. The van der Waals surface area contributed by atoms with Crippen LogP contribution in [0, 0.1) is 5.92 Å². The maximum Gasteiger partial charge on any atom is 0.416 e. The molecule has 1 aliphatic rings. The van der Waals surface area contributed by atoms with E-state index in [-0.39, 0.29) is 23.3 Å². The molecule has 1 aliphatic carbocycles. The standard InChI is InChI=1S/C24H32F3N3O3/c1-22(2,3)19-12-20(30(29-19)13-15-7-6-8-15)28-21(31)17-11-16(24(25,26)27)9-10-18(17)33-14-23(4,5)32/h9-12,15,32H,6-8,13-14H2,1-5H3,(H,28,31). The fourth-order valence-electron chi connectivity index (χ4n) is 3.39. The van der Waals surface area contributed by atoms with Gasteiger partial charge in [-0.3, -0.25) is 4.79 Å². The van der Waals surface area contributed by atoms with E-state index >= 15 is 0 Å². The van der Waals surface area contributed by atoms with Crippen LogP contribution in [0.2, 0.25) is 0 Å². The monoisotopic (exact) mass is 467 g/mol. The summed E-state index contributed by atoms with van der Waals surface area (Å²) in [6.07, 6.45) is -1.29. The summed E-state index contributed by atoms with van der Waals surface area (Å²) < 4.78 is 47.2. The lowest BCUT2D eigenvalue weighted by molar-refractivity contribution is -0.137. The first kappa shape index (κ1) is 25.1. The van der Waals surface area contributed by atoms with E-state index < -0.39 is 23.2 Å². The predicted octanol–water partition coefficient (Wildman–Crippen LogP) is 5.40. The van der Waals surface area contributed by atoms with E-state index in [1.165, 1.54) is 13.8 Å². The van der Waals surface area contributed by atoms with Crippen LogP contribution in [0.3, 0.4) is 0 Å². The summed E-state index contributed by atoms with van der Waals surface area (Å²) in [5, 5.41) is 17.3. The highest BCUT2D eigenvalue weighted by Gasteiger charge is 2.33. The van der Waals surface area contributed by atoms with E-state index in [0.717, 1.165) is 43.2 Å². The quantitative estimate of drug-likeness (QED) is 0.572. The van der Waals surface area contributed by atoms with Crippen molar-refractivity contribution in [3.63, 3.8) is 0 Å². The Labute approximate surface area is 192 Å². The zero-order chi connectivity index (χ0) is 24.6. The molecule has 2 aromatic rings. The van der Waals surface area contributed by atoms with Crippen LogP contribution in [0.5, 0.6) is 5.75 Å². The third kappa shape index (κ3) is 6.50. The summed E-state index contributed by atoms with van der Waals surface area (Å²) in [5.41, 5.74) is -1.93. The average Bonchev–Trinajstić information content (AvgIpc) is 3.04. The third-order valence-electron chi connectivity index (χ3n) is 5.58. The molecule has 1 fully saturated rings. The lowest BCUT2D eigenvalue weighted by Gasteiger charge is -2.26. The van der Waals surface area contributed by atoms with Crippen molar-refractivity contribution >= 4 is 11.7 Å². The Bertz CT molecular complexity index is 997. The van der Waals surface area contributed by atoms with E-state index in [9.17, 15) is 23.1 Å². The second kappa shape index (κ2) is 9.00. The van der Waals surface area contributed by atoms with Crippen LogP contribution in [0.1, 0.15) is 75.5 Å². The van der Waals surface area contributed by atoms with Crippen LogP contribution in [0.4, 0.5) is 19.0 Å². The summed E-state index contributed by atoms with van der Waals surface area (Å²) in [5.74, 6) is 0.126. The molecule has 0 spiro atoms. The number of amides is 1. The summed E-state index contributed by atoms with van der Waals surface area (Å²) in [7, 11) is 0. The van der Waals surface area contributed by atoms with Crippen LogP contribution in [-0.4, -0.2) is 33.0 Å². The number of anilines is 1. The first-order valence-electron chi connectivity index (χ1n) is 11.1. The maximum atomic E-state index is 13.3. The van der Waals surface area contributed by atoms with Gasteiger partial charge in [0.25, 0.3) is 5.91 Å². The molecule has 2 N–H and O–H groups in total. The van der Waals surface area contributed by atoms with Crippen molar-refractivity contribution < 1.29 is 27.8 Å². The number of halogens is 3. The minimum absolute atomic E-state index is 0.0382. The van der Waals surface area contributed by atoms with Crippen molar-refractivity contribution in [2.24, 2.45) is 5.92 Å². The van der Waals surface area contributed by atoms with Crippen molar-refractivity contribution in [1.29, 1.82) is 0 Å². The second-order valence-corrected chi connectivity index (χ2v) is 10.4. The number of aromatic nitrogens is 2. The molecule has 0 bridgehead atoms. The van der Waals surface area contributed by atoms with Gasteiger partial charge in [0.1, 0.15) is 18.2 Å². The molecular weight excluding hydrogens is 435 g/mol. The van der Waals surface area contributed by atoms with Gasteiger partial charge in [0.05, 0.1) is 22.4 Å². The Morgan fingerprint density at radius 1 is 1.18 bits per heavy atom. The molecular formula is C24H32F3N3O3. The van der Waals surface area contributed by atoms with Gasteiger partial charge in [-0.05, 0) is 50.8 Å². The highest BCUT2D eigenvalue weighted by atomic mass is 19.4. The summed E-state index contributed by atoms with van der Waals surface area (Å²) in [4.78, 5) is 13.2. The van der Waals surface area contributed by atoms with Crippen molar-refractivity contribution in [3.05, 3.63) is 41.1 Å². The molecule has 1 aromatic carbocycles. The average molecular weight is 468 g/mol. The number of nitrogens with zero attached hydrogens (tertiary/aromatic N) is 2. The Kier molecular flexibility index (Phi) is 6.84. The topological polar surface area (TPSA) is 76.4 Å². The number of rotatable bonds is 7. The van der Waals surface area contributed by atoms with Gasteiger partial charge in [0.2, 0.25) is 0 Å². The van der Waals surface area contributed by atoms with Gasteiger partial charge >= 0.3 is 6.18 Å². The normalized spacial score (nSPS) is 15.3. The zero-order valence-corrected chi connectivity index (χ0v) is 19.7. The Morgan fingerprint density at radius 3 is 2.36 bits per heavy atom. The highest BCUT2D eigenvalue weighted by molar-refractivity contribution is 6.06. The SMILES string of the molecule is CC(C)(O)COc1ccc(C(F)(F)F)cc1C(=O)Nc1cc(C(C)(C)C)nn1CC1CCC1. The molecule has 33 heavy (non-hydrogen) atoms. The van der Waals surface area contributed by atoms with E-state index in [4.69, 9.17) is 4.74 Å². The molecule has 0 atom stereocenters. The van der Waals surface area contributed by atoms with Gasteiger partial charge in [0, 0.05) is 18.0 Å². The summed E-state index contributed by atoms with van der Waals surface area (Å²) >= 11 is 0. The van der Waals surface area contributed by atoms with Gasteiger partial charge in [0.15, 0.2) is 0 Å². The van der Waals surface area contributed by atoms with Crippen molar-refractivity contribution in [1.82, 2.24) is 9.78 Å². The summed E-state index contributed by atoms with van der Waals surface area (Å²) in [6.45, 7) is 9.47. The van der Waals surface area contributed by atoms with Gasteiger partial charge in [-0.15, -0.1) is 0 Å². The molecule has 182 valence electrons. The zero-order valence-electron chi connectivity index (χ0n) is 19.7. The fourth-order valence-corrected chi connectivity index (χ4v) is 3.39.